The lowest BCUT2D eigenvalue weighted by Gasteiger charge is -2.36. The summed E-state index contributed by atoms with van der Waals surface area (Å²) in [7, 11) is 0. The van der Waals surface area contributed by atoms with E-state index in [9.17, 15) is 18.0 Å². The molecule has 3 rings (SSSR count). The zero-order valence-corrected chi connectivity index (χ0v) is 13.3. The summed E-state index contributed by atoms with van der Waals surface area (Å²) in [5, 5.41) is 0.537. The van der Waals surface area contributed by atoms with Crippen LogP contribution in [0.15, 0.2) is 22.6 Å². The highest BCUT2D eigenvalue weighted by molar-refractivity contribution is 6.04. The molecule has 130 valence electrons. The number of hydrogen-bond donors (Lipinski definition) is 0. The summed E-state index contributed by atoms with van der Waals surface area (Å²) >= 11 is 0. The Labute approximate surface area is 136 Å². The van der Waals surface area contributed by atoms with Gasteiger partial charge >= 0.3 is 12.1 Å². The third kappa shape index (κ3) is 3.07. The first-order valence-corrected chi connectivity index (χ1v) is 7.73. The van der Waals surface area contributed by atoms with Gasteiger partial charge in [-0.1, -0.05) is 0 Å². The van der Waals surface area contributed by atoms with E-state index in [1.54, 1.807) is 32.0 Å². The number of furan rings is 1. The Kier molecular flexibility index (Phi) is 4.19. The van der Waals surface area contributed by atoms with Crippen molar-refractivity contribution in [1.29, 1.82) is 0 Å². The lowest BCUT2D eigenvalue weighted by atomic mass is 9.82. The number of benzene rings is 1. The van der Waals surface area contributed by atoms with Crippen LogP contribution in [0, 0.1) is 12.8 Å². The van der Waals surface area contributed by atoms with Gasteiger partial charge in [0.15, 0.2) is 0 Å². The highest BCUT2D eigenvalue weighted by Gasteiger charge is 2.48. The van der Waals surface area contributed by atoms with Crippen molar-refractivity contribution in [2.24, 2.45) is 5.92 Å². The molecule has 2 aromatic rings. The highest BCUT2D eigenvalue weighted by atomic mass is 19.4. The SMILES string of the molecule is CCOC(=O)c1c(C)oc2ccc(O[C@H]3C[C@H](C(F)(F)F)C3)cc12. The molecule has 1 saturated carbocycles. The first-order chi connectivity index (χ1) is 11.3. The number of esters is 1. The molecule has 1 fully saturated rings. The first kappa shape index (κ1) is 16.7. The molecule has 0 bridgehead atoms. The van der Waals surface area contributed by atoms with E-state index >= 15 is 0 Å². The van der Waals surface area contributed by atoms with Crippen molar-refractivity contribution in [3.63, 3.8) is 0 Å². The Morgan fingerprint density at radius 1 is 1.33 bits per heavy atom. The number of halogens is 3. The van der Waals surface area contributed by atoms with Crippen molar-refractivity contribution in [2.75, 3.05) is 6.61 Å². The zero-order chi connectivity index (χ0) is 17.5. The van der Waals surface area contributed by atoms with Gasteiger partial charge in [0, 0.05) is 5.39 Å². The van der Waals surface area contributed by atoms with Crippen LogP contribution in [0.1, 0.15) is 35.9 Å². The van der Waals surface area contributed by atoms with E-state index in [0.29, 0.717) is 28.0 Å². The van der Waals surface area contributed by atoms with Crippen molar-refractivity contribution in [3.05, 3.63) is 29.5 Å². The van der Waals surface area contributed by atoms with Crippen LogP contribution in [-0.4, -0.2) is 24.9 Å². The van der Waals surface area contributed by atoms with Crippen LogP contribution in [0.4, 0.5) is 13.2 Å². The summed E-state index contributed by atoms with van der Waals surface area (Å²) in [4.78, 5) is 12.0. The maximum atomic E-state index is 12.5. The van der Waals surface area contributed by atoms with Crippen LogP contribution in [0.5, 0.6) is 5.75 Å². The number of fused-ring (bicyclic) bond motifs is 1. The third-order valence-corrected chi connectivity index (χ3v) is 4.18. The van der Waals surface area contributed by atoms with E-state index in [-0.39, 0.29) is 19.4 Å². The lowest BCUT2D eigenvalue weighted by molar-refractivity contribution is -0.210. The Balaban J connectivity index is 1.79. The van der Waals surface area contributed by atoms with Crippen molar-refractivity contribution < 1.29 is 31.9 Å². The van der Waals surface area contributed by atoms with Gasteiger partial charge in [-0.3, -0.25) is 0 Å². The van der Waals surface area contributed by atoms with E-state index in [0.717, 1.165) is 0 Å². The van der Waals surface area contributed by atoms with Crippen molar-refractivity contribution >= 4 is 16.9 Å². The maximum Gasteiger partial charge on any atom is 0.392 e. The quantitative estimate of drug-likeness (QED) is 0.760. The van der Waals surface area contributed by atoms with E-state index in [1.165, 1.54) is 0 Å². The molecule has 0 amide bonds. The van der Waals surface area contributed by atoms with Crippen LogP contribution < -0.4 is 4.74 Å². The zero-order valence-electron chi connectivity index (χ0n) is 13.3. The fourth-order valence-electron chi connectivity index (χ4n) is 2.85. The average Bonchev–Trinajstić information content (AvgIpc) is 2.76. The molecule has 0 saturated heterocycles. The normalized spacial score (nSPS) is 20.7. The van der Waals surface area contributed by atoms with Crippen molar-refractivity contribution in [3.8, 4) is 5.75 Å². The van der Waals surface area contributed by atoms with Crippen LogP contribution in [0.2, 0.25) is 0 Å². The van der Waals surface area contributed by atoms with E-state index in [2.05, 4.69) is 0 Å². The Morgan fingerprint density at radius 2 is 2.04 bits per heavy atom. The second-order valence-corrected chi connectivity index (χ2v) is 5.86. The van der Waals surface area contributed by atoms with Gasteiger partial charge in [0.1, 0.15) is 22.7 Å². The molecule has 1 aliphatic rings. The fraction of sp³-hybridized carbons (Fsp3) is 0.471. The monoisotopic (exact) mass is 342 g/mol. The van der Waals surface area contributed by atoms with Gasteiger partial charge < -0.3 is 13.9 Å². The molecule has 0 N–H and O–H groups in total. The molecule has 1 aliphatic carbocycles. The summed E-state index contributed by atoms with van der Waals surface area (Å²) in [6, 6.07) is 4.88. The van der Waals surface area contributed by atoms with Gasteiger partial charge in [0.2, 0.25) is 0 Å². The molecule has 0 radical (unpaired) electrons. The molecular formula is C17H17F3O4. The van der Waals surface area contributed by atoms with Crippen molar-refractivity contribution in [2.45, 2.75) is 39.0 Å². The van der Waals surface area contributed by atoms with Gasteiger partial charge in [0.05, 0.1) is 18.6 Å². The van der Waals surface area contributed by atoms with Crippen LogP contribution in [-0.2, 0) is 4.74 Å². The molecule has 0 unspecified atom stereocenters. The molecule has 0 spiro atoms. The third-order valence-electron chi connectivity index (χ3n) is 4.18. The predicted molar refractivity (Wildman–Crippen MR) is 80.1 cm³/mol. The molecule has 1 aromatic heterocycles. The topological polar surface area (TPSA) is 48.7 Å². The predicted octanol–water partition coefficient (Wildman–Crippen LogP) is 4.64. The van der Waals surface area contributed by atoms with E-state index in [1.807, 2.05) is 0 Å². The van der Waals surface area contributed by atoms with Gasteiger partial charge in [-0.2, -0.15) is 13.2 Å². The highest BCUT2D eigenvalue weighted by Crippen LogP contribution is 2.43. The Morgan fingerprint density at radius 3 is 2.67 bits per heavy atom. The second-order valence-electron chi connectivity index (χ2n) is 5.86. The minimum atomic E-state index is -4.16. The van der Waals surface area contributed by atoms with E-state index < -0.39 is 24.2 Å². The van der Waals surface area contributed by atoms with Gasteiger partial charge in [0.25, 0.3) is 0 Å². The molecule has 24 heavy (non-hydrogen) atoms. The summed E-state index contributed by atoms with van der Waals surface area (Å²) in [5.74, 6) is -0.940. The number of rotatable bonds is 4. The summed E-state index contributed by atoms with van der Waals surface area (Å²) in [6.07, 6.45) is -4.72. The van der Waals surface area contributed by atoms with Gasteiger partial charge in [-0.05, 0) is 44.9 Å². The summed E-state index contributed by atoms with van der Waals surface area (Å²) in [5.41, 5.74) is 0.823. The summed E-state index contributed by atoms with van der Waals surface area (Å²) < 4.78 is 53.7. The number of ether oxygens (including phenoxy) is 2. The smallest absolute Gasteiger partial charge is 0.392 e. The van der Waals surface area contributed by atoms with Crippen LogP contribution in [0.25, 0.3) is 11.0 Å². The Hall–Kier alpha value is -2.18. The number of carbonyl (C=O) groups is 1. The second kappa shape index (κ2) is 6.03. The minimum Gasteiger partial charge on any atom is -0.490 e. The van der Waals surface area contributed by atoms with Gasteiger partial charge in [-0.25, -0.2) is 4.79 Å². The number of alkyl halides is 3. The minimum absolute atomic E-state index is 0.0450. The number of aryl methyl sites for hydroxylation is 1. The maximum absolute atomic E-state index is 12.5. The van der Waals surface area contributed by atoms with Crippen molar-refractivity contribution in [1.82, 2.24) is 0 Å². The van der Waals surface area contributed by atoms with Gasteiger partial charge in [-0.15, -0.1) is 0 Å². The average molecular weight is 342 g/mol. The molecule has 7 heteroatoms. The van der Waals surface area contributed by atoms with E-state index in [4.69, 9.17) is 13.9 Å². The van der Waals surface area contributed by atoms with Crippen LogP contribution in [0.3, 0.4) is 0 Å². The molecule has 4 nitrogen and oxygen atoms in total. The Bertz CT molecular complexity index is 757. The molecular weight excluding hydrogens is 325 g/mol. The fourth-order valence-corrected chi connectivity index (χ4v) is 2.85. The molecule has 1 heterocycles. The first-order valence-electron chi connectivity index (χ1n) is 7.73. The molecule has 1 aromatic carbocycles. The lowest BCUT2D eigenvalue weighted by Crippen LogP contribution is -2.41. The largest absolute Gasteiger partial charge is 0.490 e. The number of carbonyl (C=O) groups excluding carboxylic acids is 1. The number of hydrogen-bond acceptors (Lipinski definition) is 4. The molecule has 0 aliphatic heterocycles. The van der Waals surface area contributed by atoms with Crippen LogP contribution >= 0.6 is 0 Å². The summed E-state index contributed by atoms with van der Waals surface area (Å²) in [6.45, 7) is 3.60. The molecule has 0 atom stereocenters. The standard InChI is InChI=1S/C17H17F3O4/c1-3-22-16(21)15-9(2)23-14-5-4-11(8-13(14)15)24-12-6-10(7-12)17(18,19)20/h4-5,8,10,12H,3,6-7H2,1-2H3/t10-,12-.